The first kappa shape index (κ1) is 24.8. The summed E-state index contributed by atoms with van der Waals surface area (Å²) in [5.74, 6) is -0.249. The van der Waals surface area contributed by atoms with Crippen molar-refractivity contribution in [3.8, 4) is 0 Å². The molecule has 1 N–H and O–H groups in total. The number of rotatable bonds is 6. The van der Waals surface area contributed by atoms with Crippen molar-refractivity contribution in [1.82, 2.24) is 15.1 Å². The van der Waals surface area contributed by atoms with Crippen LogP contribution in [0.25, 0.3) is 0 Å². The van der Waals surface area contributed by atoms with Crippen LogP contribution in [0.1, 0.15) is 36.0 Å². The number of hydrogen-bond donors (Lipinski definition) is 1. The average molecular weight is 555 g/mol. The Bertz CT molecular complexity index is 1100. The molecule has 190 valence electrons. The van der Waals surface area contributed by atoms with Crippen molar-refractivity contribution >= 4 is 39.3 Å². The average Bonchev–Trinajstić information content (AvgIpc) is 3.52. The topological polar surface area (TPSA) is 82.2 Å². The molecule has 2 aromatic rings. The zero-order valence-electron chi connectivity index (χ0n) is 20.2. The maximum atomic E-state index is 13.8. The number of carbonyl (C=O) groups is 3. The molecule has 8 nitrogen and oxygen atoms in total. The summed E-state index contributed by atoms with van der Waals surface area (Å²) in [6.45, 7) is 2.52. The predicted octanol–water partition coefficient (Wildman–Crippen LogP) is 3.03. The number of halogens is 1. The SMILES string of the molecule is O=C(CN1CN(c2ccccc2)C2(CCN(C(=O)c3ccc(Br)cc3)CC2)C1=O)NCC1CCCO1. The highest BCUT2D eigenvalue weighted by molar-refractivity contribution is 9.10. The lowest BCUT2D eigenvalue weighted by Gasteiger charge is -2.43. The van der Waals surface area contributed by atoms with Crippen LogP contribution < -0.4 is 10.2 Å². The lowest BCUT2D eigenvalue weighted by molar-refractivity contribution is -0.137. The van der Waals surface area contributed by atoms with Gasteiger partial charge in [-0.15, -0.1) is 0 Å². The van der Waals surface area contributed by atoms with E-state index < -0.39 is 5.54 Å². The first-order valence-electron chi connectivity index (χ1n) is 12.5. The van der Waals surface area contributed by atoms with Crippen molar-refractivity contribution in [3.05, 3.63) is 64.6 Å². The molecule has 1 atom stereocenters. The zero-order valence-corrected chi connectivity index (χ0v) is 21.8. The van der Waals surface area contributed by atoms with Crippen LogP contribution in [0.5, 0.6) is 0 Å². The number of hydrogen-bond acceptors (Lipinski definition) is 5. The van der Waals surface area contributed by atoms with Gasteiger partial charge in [0, 0.05) is 42.0 Å². The maximum Gasteiger partial charge on any atom is 0.253 e. The first-order chi connectivity index (χ1) is 17.5. The molecule has 36 heavy (non-hydrogen) atoms. The molecule has 1 unspecified atom stereocenters. The van der Waals surface area contributed by atoms with Crippen molar-refractivity contribution in [3.63, 3.8) is 0 Å². The van der Waals surface area contributed by atoms with E-state index in [4.69, 9.17) is 4.74 Å². The molecule has 3 aliphatic rings. The summed E-state index contributed by atoms with van der Waals surface area (Å²) >= 11 is 3.41. The summed E-state index contributed by atoms with van der Waals surface area (Å²) < 4.78 is 6.51. The molecular formula is C27H31BrN4O4. The number of ether oxygens (including phenoxy) is 1. The van der Waals surface area contributed by atoms with Crippen molar-refractivity contribution in [2.75, 3.05) is 44.4 Å². The molecule has 3 heterocycles. The smallest absolute Gasteiger partial charge is 0.253 e. The number of benzene rings is 2. The standard InChI is InChI=1S/C27H31BrN4O4/c28-21-10-8-20(9-11-21)25(34)30-14-12-27(13-15-30)26(35)31(19-32(27)22-5-2-1-3-6-22)18-24(33)29-17-23-7-4-16-36-23/h1-3,5-6,8-11,23H,4,7,12-19H2,(H,29,33). The maximum absolute atomic E-state index is 13.8. The highest BCUT2D eigenvalue weighted by atomic mass is 79.9. The number of carbonyl (C=O) groups excluding carboxylic acids is 3. The molecule has 1 spiro atoms. The van der Waals surface area contributed by atoms with E-state index in [-0.39, 0.29) is 30.4 Å². The van der Waals surface area contributed by atoms with Gasteiger partial charge in [0.2, 0.25) is 5.91 Å². The van der Waals surface area contributed by atoms with Crippen molar-refractivity contribution in [2.45, 2.75) is 37.3 Å². The van der Waals surface area contributed by atoms with E-state index in [0.29, 0.717) is 44.7 Å². The van der Waals surface area contributed by atoms with Gasteiger partial charge in [0.1, 0.15) is 12.1 Å². The second-order valence-electron chi connectivity index (χ2n) is 9.68. The third kappa shape index (κ3) is 4.99. The summed E-state index contributed by atoms with van der Waals surface area (Å²) in [5.41, 5.74) is 0.810. The number of nitrogens with zero attached hydrogens (tertiary/aromatic N) is 3. The Morgan fingerprint density at radius 3 is 2.44 bits per heavy atom. The second kappa shape index (κ2) is 10.6. The van der Waals surface area contributed by atoms with Crippen LogP contribution in [-0.2, 0) is 14.3 Å². The molecule has 9 heteroatoms. The quantitative estimate of drug-likeness (QED) is 0.593. The number of anilines is 1. The number of piperidine rings is 1. The van der Waals surface area contributed by atoms with Crippen LogP contribution in [0.15, 0.2) is 59.1 Å². The van der Waals surface area contributed by atoms with E-state index in [0.717, 1.165) is 29.6 Å². The molecule has 2 aromatic carbocycles. The van der Waals surface area contributed by atoms with E-state index in [1.807, 2.05) is 59.5 Å². The normalized spacial score (nSPS) is 21.3. The lowest BCUT2D eigenvalue weighted by atomic mass is 9.85. The Kier molecular flexibility index (Phi) is 7.29. The minimum absolute atomic E-state index is 0.0121. The molecule has 0 aromatic heterocycles. The Hall–Kier alpha value is -2.91. The van der Waals surface area contributed by atoms with Gasteiger partial charge < -0.3 is 24.8 Å². The van der Waals surface area contributed by atoms with Crippen LogP contribution in [0.2, 0.25) is 0 Å². The minimum atomic E-state index is -0.771. The van der Waals surface area contributed by atoms with Crippen LogP contribution in [0, 0.1) is 0 Å². The fraction of sp³-hybridized carbons (Fsp3) is 0.444. The predicted molar refractivity (Wildman–Crippen MR) is 139 cm³/mol. The number of nitrogens with one attached hydrogen (secondary N) is 1. The van der Waals surface area contributed by atoms with Gasteiger partial charge in [-0.25, -0.2) is 0 Å². The van der Waals surface area contributed by atoms with Gasteiger partial charge in [-0.2, -0.15) is 0 Å². The fourth-order valence-electron chi connectivity index (χ4n) is 5.44. The van der Waals surface area contributed by atoms with Crippen molar-refractivity contribution in [1.29, 1.82) is 0 Å². The van der Waals surface area contributed by atoms with E-state index in [1.165, 1.54) is 0 Å². The highest BCUT2D eigenvalue weighted by Crippen LogP contribution is 2.39. The van der Waals surface area contributed by atoms with Crippen LogP contribution in [0.3, 0.4) is 0 Å². The molecule has 3 aliphatic heterocycles. The second-order valence-corrected chi connectivity index (χ2v) is 10.6. The van der Waals surface area contributed by atoms with E-state index in [1.54, 1.807) is 4.90 Å². The molecule has 5 rings (SSSR count). The van der Waals surface area contributed by atoms with Gasteiger partial charge in [-0.1, -0.05) is 34.1 Å². The summed E-state index contributed by atoms with van der Waals surface area (Å²) in [6.07, 6.45) is 3.04. The Morgan fingerprint density at radius 2 is 1.78 bits per heavy atom. The van der Waals surface area contributed by atoms with E-state index in [9.17, 15) is 14.4 Å². The molecule has 0 aliphatic carbocycles. The van der Waals surface area contributed by atoms with E-state index in [2.05, 4.69) is 26.1 Å². The molecule has 3 fully saturated rings. The number of para-hydroxylation sites is 1. The molecule has 0 radical (unpaired) electrons. The first-order valence-corrected chi connectivity index (χ1v) is 13.3. The Balaban J connectivity index is 1.29. The lowest BCUT2D eigenvalue weighted by Crippen LogP contribution is -2.57. The molecule has 3 amide bonds. The van der Waals surface area contributed by atoms with Gasteiger partial charge in [0.25, 0.3) is 11.8 Å². The molecule has 0 bridgehead atoms. The summed E-state index contributed by atoms with van der Waals surface area (Å²) in [5, 5.41) is 2.93. The summed E-state index contributed by atoms with van der Waals surface area (Å²) in [4.78, 5) is 45.2. The van der Waals surface area contributed by atoms with Gasteiger partial charge in [-0.3, -0.25) is 14.4 Å². The van der Waals surface area contributed by atoms with Crippen LogP contribution >= 0.6 is 15.9 Å². The van der Waals surface area contributed by atoms with Crippen LogP contribution in [-0.4, -0.2) is 78.6 Å². The van der Waals surface area contributed by atoms with Crippen LogP contribution in [0.4, 0.5) is 5.69 Å². The van der Waals surface area contributed by atoms with Crippen molar-refractivity contribution < 1.29 is 19.1 Å². The summed E-state index contributed by atoms with van der Waals surface area (Å²) in [6, 6.07) is 17.2. The number of amides is 3. The zero-order chi connectivity index (χ0) is 25.1. The van der Waals surface area contributed by atoms with Gasteiger partial charge >= 0.3 is 0 Å². The Labute approximate surface area is 219 Å². The van der Waals surface area contributed by atoms with E-state index >= 15 is 0 Å². The number of likely N-dealkylation sites (tertiary alicyclic amines) is 1. The molecule has 3 saturated heterocycles. The van der Waals surface area contributed by atoms with Gasteiger partial charge in [-0.05, 0) is 62.1 Å². The largest absolute Gasteiger partial charge is 0.376 e. The summed E-state index contributed by atoms with van der Waals surface area (Å²) in [7, 11) is 0. The van der Waals surface area contributed by atoms with Gasteiger partial charge in [0.15, 0.2) is 0 Å². The van der Waals surface area contributed by atoms with Gasteiger partial charge in [0.05, 0.1) is 12.8 Å². The third-order valence-corrected chi connectivity index (χ3v) is 7.96. The monoisotopic (exact) mass is 554 g/mol. The fourth-order valence-corrected chi connectivity index (χ4v) is 5.70. The van der Waals surface area contributed by atoms with Crippen molar-refractivity contribution in [2.24, 2.45) is 0 Å². The molecular weight excluding hydrogens is 524 g/mol. The third-order valence-electron chi connectivity index (χ3n) is 7.44. The Morgan fingerprint density at radius 1 is 1.06 bits per heavy atom. The molecule has 0 saturated carbocycles. The highest BCUT2D eigenvalue weighted by Gasteiger charge is 2.54. The minimum Gasteiger partial charge on any atom is -0.376 e.